The van der Waals surface area contributed by atoms with Gasteiger partial charge in [0, 0.05) is 70.0 Å². The number of rotatable bonds is 8. The minimum atomic E-state index is -0.551. The normalized spacial score (nSPS) is 17.8. The van der Waals surface area contributed by atoms with E-state index >= 15 is 0 Å². The van der Waals surface area contributed by atoms with Gasteiger partial charge in [-0.2, -0.15) is 5.26 Å². The van der Waals surface area contributed by atoms with E-state index in [1.807, 2.05) is 99.6 Å². The summed E-state index contributed by atoms with van der Waals surface area (Å²) < 4.78 is 5.56. The minimum Gasteiger partial charge on any atom is -0.444 e. The zero-order valence-electron chi connectivity index (χ0n) is 40.6. The molecule has 0 spiro atoms. The Hall–Kier alpha value is -6.79. The third-order valence-electron chi connectivity index (χ3n) is 12.5. The second-order valence-electron chi connectivity index (χ2n) is 18.5. The number of primary amides is 2. The SMILES string of the molecule is CC(C)(C)OC(=O)N1CCN(c2ccc(C(N)=O)cc2Cl)[C@H](c2ccccc2)C1.N#Cc1ccc(N2CCNC[C@H]2c2ccccc2)c(Cl)c1.NC(=O)c1ccc(N2CCNC[C@H]2c2ccccc2)c(Cl)c1. The summed E-state index contributed by atoms with van der Waals surface area (Å²) in [5.41, 5.74) is 17.8. The fourth-order valence-electron chi connectivity index (χ4n) is 9.05. The van der Waals surface area contributed by atoms with Crippen LogP contribution in [0.2, 0.25) is 15.1 Å². The standard InChI is InChI=1S/C22H26ClN3O3.C17H18ClN3O.C17H16ClN3/c1-22(2,3)29-21(28)25-11-12-26(19(14-25)15-7-5-4-6-8-15)18-10-9-16(20(24)27)13-17(18)23;18-14-10-13(17(19)22)6-7-15(14)21-9-8-20-11-16(21)12-4-2-1-3-5-12;18-15-10-13(11-19)6-7-16(15)21-9-8-20-12-17(21)14-4-2-1-3-5-14/h4-10,13,19H,11-12,14H2,1-3H3,(H2,24,27);1-7,10,16,20H,8-9,11H2,(H2,19,22);1-7,10,17,20H,8-9,12H2/t19-;16-;17-/m000/s1. The van der Waals surface area contributed by atoms with Crippen LogP contribution in [0.5, 0.6) is 0 Å². The summed E-state index contributed by atoms with van der Waals surface area (Å²) in [6.07, 6.45) is -0.326. The van der Waals surface area contributed by atoms with E-state index in [4.69, 9.17) is 56.3 Å². The van der Waals surface area contributed by atoms with Gasteiger partial charge in [-0.25, -0.2) is 4.79 Å². The van der Waals surface area contributed by atoms with Crippen LogP contribution in [-0.2, 0) is 4.74 Å². The van der Waals surface area contributed by atoms with Gasteiger partial charge in [-0.1, -0.05) is 126 Å². The van der Waals surface area contributed by atoms with Gasteiger partial charge in [-0.3, -0.25) is 9.59 Å². The Balaban J connectivity index is 0.000000161. The number of carbonyl (C=O) groups is 3. The third-order valence-corrected chi connectivity index (χ3v) is 13.4. The Bertz CT molecular complexity index is 2850. The molecule has 3 atom stereocenters. The van der Waals surface area contributed by atoms with Crippen molar-refractivity contribution in [2.24, 2.45) is 11.5 Å². The number of nitrogens with one attached hydrogen (secondary N) is 2. The molecule has 374 valence electrons. The lowest BCUT2D eigenvalue weighted by Gasteiger charge is -2.43. The number of carbonyl (C=O) groups excluding carboxylic acids is 3. The summed E-state index contributed by atoms with van der Waals surface area (Å²) in [4.78, 5) is 43.8. The van der Waals surface area contributed by atoms with Crippen LogP contribution < -0.4 is 36.8 Å². The Morgan fingerprint density at radius 2 is 0.972 bits per heavy atom. The van der Waals surface area contributed by atoms with Crippen molar-refractivity contribution < 1.29 is 19.1 Å². The lowest BCUT2D eigenvalue weighted by atomic mass is 10.0. The molecule has 3 amide bonds. The van der Waals surface area contributed by atoms with E-state index < -0.39 is 17.4 Å². The molecule has 6 N–H and O–H groups in total. The van der Waals surface area contributed by atoms with Crippen molar-refractivity contribution in [3.8, 4) is 6.07 Å². The van der Waals surface area contributed by atoms with E-state index in [-0.39, 0.29) is 24.2 Å². The summed E-state index contributed by atoms with van der Waals surface area (Å²) in [7, 11) is 0. The number of ether oxygens (including phenoxy) is 1. The van der Waals surface area contributed by atoms with Crippen LogP contribution in [0.25, 0.3) is 0 Å². The molecule has 72 heavy (non-hydrogen) atoms. The third kappa shape index (κ3) is 13.6. The van der Waals surface area contributed by atoms with Crippen LogP contribution in [0.15, 0.2) is 146 Å². The van der Waals surface area contributed by atoms with E-state index in [1.54, 1.807) is 35.2 Å². The summed E-state index contributed by atoms with van der Waals surface area (Å²) >= 11 is 19.3. The molecule has 9 rings (SSSR count). The number of anilines is 3. The fourth-order valence-corrected chi connectivity index (χ4v) is 9.92. The molecule has 6 aromatic rings. The highest BCUT2D eigenvalue weighted by molar-refractivity contribution is 6.34. The van der Waals surface area contributed by atoms with Crippen LogP contribution in [0.3, 0.4) is 0 Å². The molecule has 0 saturated carbocycles. The smallest absolute Gasteiger partial charge is 0.410 e. The van der Waals surface area contributed by atoms with Crippen molar-refractivity contribution >= 4 is 69.8 Å². The molecule has 3 heterocycles. The Morgan fingerprint density at radius 1 is 0.569 bits per heavy atom. The molecular weight excluding hydrogens is 969 g/mol. The summed E-state index contributed by atoms with van der Waals surface area (Å²) in [5, 5.41) is 17.5. The van der Waals surface area contributed by atoms with Crippen molar-refractivity contribution in [3.63, 3.8) is 0 Å². The molecule has 0 unspecified atom stereocenters. The summed E-state index contributed by atoms with van der Waals surface area (Å²) in [5.74, 6) is -0.985. The lowest BCUT2D eigenvalue weighted by Crippen LogP contribution is -2.51. The predicted molar refractivity (Wildman–Crippen MR) is 289 cm³/mol. The van der Waals surface area contributed by atoms with Crippen LogP contribution in [0.4, 0.5) is 21.9 Å². The number of nitrogens with two attached hydrogens (primary N) is 2. The first-order chi connectivity index (χ1) is 34.6. The molecule has 0 bridgehead atoms. The van der Waals surface area contributed by atoms with Gasteiger partial charge in [0.15, 0.2) is 0 Å². The molecular formula is C56H60Cl3N9O4. The van der Waals surface area contributed by atoms with Gasteiger partial charge in [0.2, 0.25) is 11.8 Å². The molecule has 0 aromatic heterocycles. The lowest BCUT2D eigenvalue weighted by molar-refractivity contribution is 0.0213. The van der Waals surface area contributed by atoms with Gasteiger partial charge >= 0.3 is 6.09 Å². The number of halogens is 3. The van der Waals surface area contributed by atoms with Gasteiger partial charge in [0.25, 0.3) is 0 Å². The predicted octanol–water partition coefficient (Wildman–Crippen LogP) is 10.2. The van der Waals surface area contributed by atoms with E-state index in [1.165, 1.54) is 11.1 Å². The maximum atomic E-state index is 12.6. The average molecular weight is 1030 g/mol. The van der Waals surface area contributed by atoms with Crippen LogP contribution in [0, 0.1) is 11.3 Å². The van der Waals surface area contributed by atoms with Crippen molar-refractivity contribution in [2.45, 2.75) is 44.5 Å². The van der Waals surface area contributed by atoms with Gasteiger partial charge in [-0.15, -0.1) is 0 Å². The van der Waals surface area contributed by atoms with Gasteiger partial charge in [0.05, 0.1) is 61.9 Å². The number of benzene rings is 6. The molecule has 0 radical (unpaired) electrons. The number of hydrogen-bond acceptors (Lipinski definition) is 10. The molecule has 3 saturated heterocycles. The fraction of sp³-hybridized carbons (Fsp3) is 0.286. The zero-order valence-corrected chi connectivity index (χ0v) is 42.9. The first-order valence-corrected chi connectivity index (χ1v) is 25.0. The van der Waals surface area contributed by atoms with Crippen LogP contribution in [-0.4, -0.2) is 87.3 Å². The molecule has 3 aliphatic heterocycles. The first-order valence-electron chi connectivity index (χ1n) is 23.8. The van der Waals surface area contributed by atoms with Crippen LogP contribution >= 0.6 is 34.8 Å². The molecule has 6 aromatic carbocycles. The highest BCUT2D eigenvalue weighted by Crippen LogP contribution is 2.38. The van der Waals surface area contributed by atoms with Crippen molar-refractivity contribution in [1.82, 2.24) is 15.5 Å². The van der Waals surface area contributed by atoms with Crippen molar-refractivity contribution in [3.05, 3.63) is 194 Å². The number of hydrogen-bond donors (Lipinski definition) is 4. The maximum Gasteiger partial charge on any atom is 0.410 e. The quantitative estimate of drug-likeness (QED) is 0.115. The molecule has 13 nitrogen and oxygen atoms in total. The van der Waals surface area contributed by atoms with E-state index in [9.17, 15) is 14.4 Å². The Labute approximate surface area is 437 Å². The number of amides is 3. The number of nitriles is 1. The molecule has 16 heteroatoms. The Morgan fingerprint density at radius 3 is 1.36 bits per heavy atom. The number of nitrogens with zero attached hydrogens (tertiary/aromatic N) is 5. The Kier molecular flexibility index (Phi) is 18.1. The van der Waals surface area contributed by atoms with Gasteiger partial charge in [0.1, 0.15) is 5.60 Å². The average Bonchev–Trinajstić information content (AvgIpc) is 3.39. The largest absolute Gasteiger partial charge is 0.444 e. The molecule has 3 fully saturated rings. The minimum absolute atomic E-state index is 0.102. The molecule has 0 aliphatic carbocycles. The summed E-state index contributed by atoms with van der Waals surface area (Å²) in [6.45, 7) is 12.4. The van der Waals surface area contributed by atoms with E-state index in [2.05, 4.69) is 67.8 Å². The van der Waals surface area contributed by atoms with Gasteiger partial charge in [-0.05, 0) is 92.1 Å². The molecule has 3 aliphatic rings. The second-order valence-corrected chi connectivity index (χ2v) is 19.8. The van der Waals surface area contributed by atoms with Gasteiger partial charge < -0.3 is 46.4 Å². The number of piperazine rings is 3. The first kappa shape index (κ1) is 53.0. The topological polar surface area (TPSA) is 173 Å². The second kappa shape index (κ2) is 24.6. The monoisotopic (exact) mass is 1030 g/mol. The van der Waals surface area contributed by atoms with E-state index in [0.29, 0.717) is 51.4 Å². The van der Waals surface area contributed by atoms with E-state index in [0.717, 1.165) is 61.9 Å². The van der Waals surface area contributed by atoms with Crippen molar-refractivity contribution in [2.75, 3.05) is 73.6 Å². The highest BCUT2D eigenvalue weighted by atomic mass is 35.5. The highest BCUT2D eigenvalue weighted by Gasteiger charge is 2.34. The summed E-state index contributed by atoms with van der Waals surface area (Å²) in [6, 6.07) is 49.0. The van der Waals surface area contributed by atoms with Crippen molar-refractivity contribution in [1.29, 1.82) is 5.26 Å². The maximum absolute atomic E-state index is 12.6. The van der Waals surface area contributed by atoms with Crippen LogP contribution in [0.1, 0.15) is 81.9 Å². The zero-order chi connectivity index (χ0) is 51.4.